The van der Waals surface area contributed by atoms with Gasteiger partial charge in [0.05, 0.1) is 6.20 Å². The molecule has 1 saturated carbocycles. The fourth-order valence-electron chi connectivity index (χ4n) is 2.70. The van der Waals surface area contributed by atoms with Crippen LogP contribution in [0.3, 0.4) is 0 Å². The Hall–Kier alpha value is -1.52. The van der Waals surface area contributed by atoms with Crippen LogP contribution in [0.15, 0.2) is 12.3 Å². The second kappa shape index (κ2) is 4.00. The lowest BCUT2D eigenvalue weighted by atomic mass is 10.0. The highest BCUT2D eigenvalue weighted by Crippen LogP contribution is 2.67. The van der Waals surface area contributed by atoms with E-state index in [1.165, 1.54) is 0 Å². The van der Waals surface area contributed by atoms with Gasteiger partial charge in [-0.3, -0.25) is 10.00 Å². The number of urea groups is 1. The number of carbonyl (C=O) groups excluding carboxylic acids is 1. The second-order valence-electron chi connectivity index (χ2n) is 6.17. The second-order valence-corrected chi connectivity index (χ2v) is 6.17. The molecule has 1 aliphatic rings. The Bertz CT molecular complexity index is 447. The van der Waals surface area contributed by atoms with E-state index in [-0.39, 0.29) is 6.03 Å². The van der Waals surface area contributed by atoms with Gasteiger partial charge in [-0.15, -0.1) is 0 Å². The average Bonchev–Trinajstić information content (AvgIpc) is 2.57. The van der Waals surface area contributed by atoms with Gasteiger partial charge in [-0.05, 0) is 16.7 Å². The molecule has 0 aromatic carbocycles. The molecule has 18 heavy (non-hydrogen) atoms. The van der Waals surface area contributed by atoms with E-state index in [0.29, 0.717) is 29.1 Å². The highest BCUT2D eigenvalue weighted by Gasteiger charge is 2.64. The Labute approximate surface area is 108 Å². The first-order valence-corrected chi connectivity index (χ1v) is 6.29. The van der Waals surface area contributed by atoms with E-state index >= 15 is 0 Å². The zero-order chi connectivity index (χ0) is 13.6. The van der Waals surface area contributed by atoms with Crippen LogP contribution < -0.4 is 10.6 Å². The van der Waals surface area contributed by atoms with Gasteiger partial charge in [0.1, 0.15) is 5.82 Å². The Morgan fingerprint density at radius 1 is 1.39 bits per heavy atom. The first-order chi connectivity index (χ1) is 8.26. The molecule has 5 nitrogen and oxygen atoms in total. The number of carbonyl (C=O) groups is 1. The summed E-state index contributed by atoms with van der Waals surface area (Å²) in [5.74, 6) is 1.23. The normalized spacial score (nSPS) is 20.5. The van der Waals surface area contributed by atoms with Gasteiger partial charge >= 0.3 is 6.03 Å². The van der Waals surface area contributed by atoms with Gasteiger partial charge in [0.25, 0.3) is 0 Å². The van der Waals surface area contributed by atoms with Crippen LogP contribution in [0.4, 0.5) is 10.6 Å². The molecule has 2 amide bonds. The van der Waals surface area contributed by atoms with E-state index < -0.39 is 0 Å². The molecule has 1 fully saturated rings. The number of rotatable bonds is 3. The molecule has 0 atom stereocenters. The molecule has 0 radical (unpaired) electrons. The first-order valence-electron chi connectivity index (χ1n) is 6.29. The van der Waals surface area contributed by atoms with Crippen LogP contribution in [0, 0.1) is 16.7 Å². The molecule has 100 valence electrons. The maximum absolute atomic E-state index is 11.8. The molecule has 0 saturated heterocycles. The molecule has 0 bridgehead atoms. The zero-order valence-corrected chi connectivity index (χ0v) is 11.7. The van der Waals surface area contributed by atoms with Gasteiger partial charge in [0.2, 0.25) is 0 Å². The number of aryl methyl sites for hydroxylation is 1. The summed E-state index contributed by atoms with van der Waals surface area (Å²) in [7, 11) is 1.79. The number of amides is 2. The Morgan fingerprint density at radius 3 is 2.44 bits per heavy atom. The highest BCUT2D eigenvalue weighted by molar-refractivity contribution is 5.88. The maximum Gasteiger partial charge on any atom is 0.320 e. The van der Waals surface area contributed by atoms with Crippen molar-refractivity contribution in [2.45, 2.75) is 27.7 Å². The summed E-state index contributed by atoms with van der Waals surface area (Å²) in [4.78, 5) is 11.8. The predicted octanol–water partition coefficient (Wildman–Crippen LogP) is 2.22. The molecule has 1 heterocycles. The van der Waals surface area contributed by atoms with Crippen molar-refractivity contribution in [3.8, 4) is 0 Å². The highest BCUT2D eigenvalue weighted by atomic mass is 16.2. The van der Waals surface area contributed by atoms with Crippen molar-refractivity contribution in [1.82, 2.24) is 15.1 Å². The standard InChI is InChI=1S/C13H22N4O/c1-12(2)9(13(12,3)4)8-14-11(18)16-10-6-7-15-17(10)5/h6-7,9H,8H2,1-5H3,(H2,14,16,18). The Kier molecular flexibility index (Phi) is 2.87. The van der Waals surface area contributed by atoms with Gasteiger partial charge in [-0.25, -0.2) is 4.79 Å². The van der Waals surface area contributed by atoms with Crippen molar-refractivity contribution in [1.29, 1.82) is 0 Å². The van der Waals surface area contributed by atoms with Crippen LogP contribution in [0.2, 0.25) is 0 Å². The van der Waals surface area contributed by atoms with Crippen LogP contribution in [0.25, 0.3) is 0 Å². The van der Waals surface area contributed by atoms with E-state index in [4.69, 9.17) is 0 Å². The minimum Gasteiger partial charge on any atom is -0.338 e. The van der Waals surface area contributed by atoms with Gasteiger partial charge in [-0.1, -0.05) is 27.7 Å². The number of aromatic nitrogens is 2. The number of anilines is 1. The van der Waals surface area contributed by atoms with Crippen molar-refractivity contribution in [2.24, 2.45) is 23.8 Å². The van der Waals surface area contributed by atoms with Crippen molar-refractivity contribution in [3.63, 3.8) is 0 Å². The lowest BCUT2D eigenvalue weighted by molar-refractivity contribution is 0.251. The Balaban J connectivity index is 1.82. The SMILES string of the molecule is Cn1nccc1NC(=O)NCC1C(C)(C)C1(C)C. The maximum atomic E-state index is 11.8. The summed E-state index contributed by atoms with van der Waals surface area (Å²) in [6.45, 7) is 9.71. The predicted molar refractivity (Wildman–Crippen MR) is 71.3 cm³/mol. The third-order valence-corrected chi connectivity index (χ3v) is 4.85. The van der Waals surface area contributed by atoms with Crippen LogP contribution >= 0.6 is 0 Å². The van der Waals surface area contributed by atoms with Gasteiger partial charge in [0, 0.05) is 19.7 Å². The number of hydrogen-bond acceptors (Lipinski definition) is 2. The summed E-state index contributed by atoms with van der Waals surface area (Å²) >= 11 is 0. The molecule has 1 aliphatic carbocycles. The largest absolute Gasteiger partial charge is 0.338 e. The quantitative estimate of drug-likeness (QED) is 0.864. The zero-order valence-electron chi connectivity index (χ0n) is 11.7. The van der Waals surface area contributed by atoms with Gasteiger partial charge in [-0.2, -0.15) is 5.10 Å². The van der Waals surface area contributed by atoms with Crippen molar-refractivity contribution in [3.05, 3.63) is 12.3 Å². The summed E-state index contributed by atoms with van der Waals surface area (Å²) < 4.78 is 1.63. The fraction of sp³-hybridized carbons (Fsp3) is 0.692. The minimum atomic E-state index is -0.169. The van der Waals surface area contributed by atoms with Crippen molar-refractivity contribution < 1.29 is 4.79 Å². The molecule has 5 heteroatoms. The minimum absolute atomic E-state index is 0.169. The van der Waals surface area contributed by atoms with E-state index in [9.17, 15) is 4.79 Å². The molecule has 1 aromatic rings. The molecule has 0 aliphatic heterocycles. The third-order valence-electron chi connectivity index (χ3n) is 4.85. The number of hydrogen-bond donors (Lipinski definition) is 2. The molecular formula is C13H22N4O. The van der Waals surface area contributed by atoms with Gasteiger partial charge < -0.3 is 5.32 Å². The lowest BCUT2D eigenvalue weighted by Gasteiger charge is -2.08. The molecule has 0 unspecified atom stereocenters. The Morgan fingerprint density at radius 2 is 2.00 bits per heavy atom. The number of nitrogens with zero attached hydrogens (tertiary/aromatic N) is 2. The van der Waals surface area contributed by atoms with Crippen LogP contribution in [0.1, 0.15) is 27.7 Å². The van der Waals surface area contributed by atoms with E-state index in [0.717, 1.165) is 0 Å². The molecular weight excluding hydrogens is 228 g/mol. The fourth-order valence-corrected chi connectivity index (χ4v) is 2.70. The average molecular weight is 250 g/mol. The summed E-state index contributed by atoms with van der Waals surface area (Å²) in [5.41, 5.74) is 0.597. The molecule has 2 rings (SSSR count). The number of nitrogens with one attached hydrogen (secondary N) is 2. The molecule has 0 spiro atoms. The van der Waals surface area contributed by atoms with Crippen LogP contribution in [-0.4, -0.2) is 22.4 Å². The summed E-state index contributed by atoms with van der Waals surface area (Å²) in [5, 5.41) is 9.71. The van der Waals surface area contributed by atoms with Crippen molar-refractivity contribution in [2.75, 3.05) is 11.9 Å². The first kappa shape index (κ1) is 12.9. The van der Waals surface area contributed by atoms with Gasteiger partial charge in [0.15, 0.2) is 0 Å². The molecule has 2 N–H and O–H groups in total. The van der Waals surface area contributed by atoms with E-state index in [1.54, 1.807) is 24.0 Å². The monoisotopic (exact) mass is 250 g/mol. The topological polar surface area (TPSA) is 59.0 Å². The van der Waals surface area contributed by atoms with Crippen molar-refractivity contribution >= 4 is 11.8 Å². The smallest absolute Gasteiger partial charge is 0.320 e. The summed E-state index contributed by atoms with van der Waals surface area (Å²) in [6.07, 6.45) is 1.66. The lowest BCUT2D eigenvalue weighted by Crippen LogP contribution is -2.32. The van der Waals surface area contributed by atoms with Crippen LogP contribution in [0.5, 0.6) is 0 Å². The van der Waals surface area contributed by atoms with E-state index in [1.807, 2.05) is 0 Å². The van der Waals surface area contributed by atoms with E-state index in [2.05, 4.69) is 43.4 Å². The van der Waals surface area contributed by atoms with Crippen LogP contribution in [-0.2, 0) is 7.05 Å². The molecule has 1 aromatic heterocycles. The third kappa shape index (κ3) is 1.98. The summed E-state index contributed by atoms with van der Waals surface area (Å²) in [6, 6.07) is 1.60.